The molecule has 0 unspecified atom stereocenters. The molecule has 21 heavy (non-hydrogen) atoms. The summed E-state index contributed by atoms with van der Waals surface area (Å²) in [5.74, 6) is -0.577. The van der Waals surface area contributed by atoms with Crippen molar-refractivity contribution < 1.29 is 18.0 Å². The van der Waals surface area contributed by atoms with Crippen molar-refractivity contribution in [3.8, 4) is 5.69 Å². The average Bonchev–Trinajstić information content (AvgIpc) is 2.80. The normalized spacial score (nSPS) is 11.4. The molecule has 2 aromatic heterocycles. The fourth-order valence-electron chi connectivity index (χ4n) is 1.72. The van der Waals surface area contributed by atoms with E-state index in [0.717, 1.165) is 0 Å². The summed E-state index contributed by atoms with van der Waals surface area (Å²) in [4.78, 5) is 15.8. The highest BCUT2D eigenvalue weighted by molar-refractivity contribution is 5.95. The van der Waals surface area contributed by atoms with E-state index in [1.54, 1.807) is 31.5 Å². The molecular weight excluding hydrogens is 285 g/mol. The maximum absolute atomic E-state index is 12.0. The lowest BCUT2D eigenvalue weighted by Crippen LogP contribution is -2.28. The molecule has 1 N–H and O–H groups in total. The number of carbonyl (C=O) groups excluding carboxylic acids is 1. The molecule has 0 saturated heterocycles. The number of pyridine rings is 1. The highest BCUT2D eigenvalue weighted by atomic mass is 19.4. The Labute approximate surface area is 118 Å². The standard InChI is InChI=1S/C13H13F3N4O/c1-9-11(12(21)18-6-4-13(14,15)16)8-20(19-9)10-3-2-5-17-7-10/h2-3,5,7-8H,4,6H2,1H3,(H,18,21). The van der Waals surface area contributed by atoms with Gasteiger partial charge in [-0.05, 0) is 19.1 Å². The largest absolute Gasteiger partial charge is 0.390 e. The first-order valence-electron chi connectivity index (χ1n) is 6.18. The Kier molecular flexibility index (Phi) is 4.25. The molecule has 0 saturated carbocycles. The molecule has 0 bridgehead atoms. The van der Waals surface area contributed by atoms with Crippen molar-refractivity contribution in [2.45, 2.75) is 19.5 Å². The van der Waals surface area contributed by atoms with E-state index in [4.69, 9.17) is 0 Å². The first-order chi connectivity index (χ1) is 9.87. The molecule has 0 radical (unpaired) electrons. The summed E-state index contributed by atoms with van der Waals surface area (Å²) in [5, 5.41) is 6.39. The second kappa shape index (κ2) is 5.94. The smallest absolute Gasteiger partial charge is 0.352 e. The number of nitrogens with one attached hydrogen (secondary N) is 1. The first-order valence-corrected chi connectivity index (χ1v) is 6.18. The third-order valence-electron chi connectivity index (χ3n) is 2.75. The Morgan fingerprint density at radius 3 is 2.81 bits per heavy atom. The van der Waals surface area contributed by atoms with Gasteiger partial charge in [-0.2, -0.15) is 18.3 Å². The molecule has 0 aliphatic rings. The van der Waals surface area contributed by atoms with Gasteiger partial charge in [0.15, 0.2) is 0 Å². The molecule has 8 heteroatoms. The van der Waals surface area contributed by atoms with E-state index in [2.05, 4.69) is 15.4 Å². The van der Waals surface area contributed by atoms with Crippen molar-refractivity contribution in [2.24, 2.45) is 0 Å². The maximum atomic E-state index is 12.0. The summed E-state index contributed by atoms with van der Waals surface area (Å²) in [6.07, 6.45) is -0.714. The lowest BCUT2D eigenvalue weighted by Gasteiger charge is -2.07. The fraction of sp³-hybridized carbons (Fsp3) is 0.308. The minimum absolute atomic E-state index is 0.237. The Hall–Kier alpha value is -2.38. The summed E-state index contributed by atoms with van der Waals surface area (Å²) in [7, 11) is 0. The van der Waals surface area contributed by atoms with E-state index in [1.807, 2.05) is 0 Å². The molecule has 1 amide bonds. The zero-order valence-corrected chi connectivity index (χ0v) is 11.2. The quantitative estimate of drug-likeness (QED) is 0.942. The van der Waals surface area contributed by atoms with Crippen LogP contribution < -0.4 is 5.32 Å². The molecule has 2 heterocycles. The Morgan fingerprint density at radius 1 is 1.43 bits per heavy atom. The van der Waals surface area contributed by atoms with Gasteiger partial charge in [-0.25, -0.2) is 4.68 Å². The molecule has 5 nitrogen and oxygen atoms in total. The van der Waals surface area contributed by atoms with Gasteiger partial charge in [-0.15, -0.1) is 0 Å². The highest BCUT2D eigenvalue weighted by Crippen LogP contribution is 2.18. The maximum Gasteiger partial charge on any atom is 0.390 e. The predicted molar refractivity (Wildman–Crippen MR) is 69.1 cm³/mol. The number of nitrogens with zero attached hydrogens (tertiary/aromatic N) is 3. The van der Waals surface area contributed by atoms with Crippen molar-refractivity contribution in [3.63, 3.8) is 0 Å². The second-order valence-corrected chi connectivity index (χ2v) is 4.41. The summed E-state index contributed by atoms with van der Waals surface area (Å²) in [6.45, 7) is 1.16. The lowest BCUT2D eigenvalue weighted by atomic mass is 10.2. The van der Waals surface area contributed by atoms with E-state index >= 15 is 0 Å². The van der Waals surface area contributed by atoms with Crippen LogP contribution in [-0.4, -0.2) is 33.4 Å². The molecule has 0 aromatic carbocycles. The van der Waals surface area contributed by atoms with E-state index in [-0.39, 0.29) is 5.56 Å². The van der Waals surface area contributed by atoms with Crippen LogP contribution in [0.1, 0.15) is 22.5 Å². The predicted octanol–water partition coefficient (Wildman–Crippen LogP) is 2.26. The van der Waals surface area contributed by atoms with Gasteiger partial charge in [0.05, 0.1) is 29.6 Å². The van der Waals surface area contributed by atoms with E-state index in [1.165, 1.54) is 10.9 Å². The number of alkyl halides is 3. The van der Waals surface area contributed by atoms with Crippen LogP contribution in [0.5, 0.6) is 0 Å². The summed E-state index contributed by atoms with van der Waals surface area (Å²) in [6, 6.07) is 3.47. The number of hydrogen-bond acceptors (Lipinski definition) is 3. The minimum atomic E-state index is -4.29. The van der Waals surface area contributed by atoms with Gasteiger partial charge in [0.25, 0.3) is 5.91 Å². The highest BCUT2D eigenvalue weighted by Gasteiger charge is 2.27. The zero-order valence-electron chi connectivity index (χ0n) is 11.2. The van der Waals surface area contributed by atoms with Crippen molar-refractivity contribution in [2.75, 3.05) is 6.54 Å². The van der Waals surface area contributed by atoms with Crippen LogP contribution in [0.2, 0.25) is 0 Å². The van der Waals surface area contributed by atoms with E-state index in [9.17, 15) is 18.0 Å². The molecule has 0 atom stereocenters. The number of aromatic nitrogens is 3. The number of hydrogen-bond donors (Lipinski definition) is 1. The molecule has 0 fully saturated rings. The van der Waals surface area contributed by atoms with Crippen LogP contribution in [0.3, 0.4) is 0 Å². The number of halogens is 3. The van der Waals surface area contributed by atoms with Crippen molar-refractivity contribution in [1.29, 1.82) is 0 Å². The number of aryl methyl sites for hydroxylation is 1. The monoisotopic (exact) mass is 298 g/mol. The van der Waals surface area contributed by atoms with Crippen molar-refractivity contribution in [1.82, 2.24) is 20.1 Å². The van der Waals surface area contributed by atoms with Gasteiger partial charge in [0, 0.05) is 18.9 Å². The van der Waals surface area contributed by atoms with Crippen LogP contribution >= 0.6 is 0 Å². The SMILES string of the molecule is Cc1nn(-c2cccnc2)cc1C(=O)NCCC(F)(F)F. The van der Waals surface area contributed by atoms with Crippen LogP contribution in [0.25, 0.3) is 5.69 Å². The van der Waals surface area contributed by atoms with Gasteiger partial charge in [0.2, 0.25) is 0 Å². The lowest BCUT2D eigenvalue weighted by molar-refractivity contribution is -0.132. The van der Waals surface area contributed by atoms with Crippen LogP contribution in [0.4, 0.5) is 13.2 Å². The Bertz CT molecular complexity index is 622. The van der Waals surface area contributed by atoms with Crippen molar-refractivity contribution in [3.05, 3.63) is 42.0 Å². The van der Waals surface area contributed by atoms with E-state index in [0.29, 0.717) is 11.4 Å². The number of carbonyl (C=O) groups is 1. The van der Waals surface area contributed by atoms with Gasteiger partial charge < -0.3 is 5.32 Å². The van der Waals surface area contributed by atoms with Gasteiger partial charge in [-0.1, -0.05) is 0 Å². The Morgan fingerprint density at radius 2 is 2.19 bits per heavy atom. The van der Waals surface area contributed by atoms with Gasteiger partial charge >= 0.3 is 6.18 Å². The van der Waals surface area contributed by atoms with Crippen molar-refractivity contribution >= 4 is 5.91 Å². The van der Waals surface area contributed by atoms with E-state index < -0.39 is 25.0 Å². The molecule has 2 rings (SSSR count). The van der Waals surface area contributed by atoms with Gasteiger partial charge in [-0.3, -0.25) is 9.78 Å². The molecular formula is C13H13F3N4O. The van der Waals surface area contributed by atoms with Gasteiger partial charge in [0.1, 0.15) is 0 Å². The molecule has 0 aliphatic carbocycles. The summed E-state index contributed by atoms with van der Waals surface area (Å²) >= 11 is 0. The molecule has 0 spiro atoms. The van der Waals surface area contributed by atoms with Crippen LogP contribution in [0, 0.1) is 6.92 Å². The fourth-order valence-corrected chi connectivity index (χ4v) is 1.72. The minimum Gasteiger partial charge on any atom is -0.352 e. The summed E-state index contributed by atoms with van der Waals surface area (Å²) < 4.78 is 37.6. The molecule has 112 valence electrons. The molecule has 0 aliphatic heterocycles. The zero-order chi connectivity index (χ0) is 15.5. The third kappa shape index (κ3) is 4.04. The Balaban J connectivity index is 2.07. The van der Waals surface area contributed by atoms with Crippen LogP contribution in [0.15, 0.2) is 30.7 Å². The summed E-state index contributed by atoms with van der Waals surface area (Å²) in [5.41, 5.74) is 1.33. The first kappa shape index (κ1) is 15.0. The second-order valence-electron chi connectivity index (χ2n) is 4.41. The average molecular weight is 298 g/mol. The molecule has 2 aromatic rings. The number of rotatable bonds is 4. The number of amides is 1. The topological polar surface area (TPSA) is 59.8 Å². The van der Waals surface area contributed by atoms with Crippen LogP contribution in [-0.2, 0) is 0 Å². The third-order valence-corrected chi connectivity index (χ3v) is 2.75.